The number of benzene rings is 2. The fourth-order valence-electron chi connectivity index (χ4n) is 5.04. The van der Waals surface area contributed by atoms with Crippen LogP contribution in [0.5, 0.6) is 5.75 Å². The normalized spacial score (nSPS) is 17.6. The number of hydrogen-bond acceptors (Lipinski definition) is 6. The lowest BCUT2D eigenvalue weighted by Crippen LogP contribution is -2.37. The third kappa shape index (κ3) is 7.13. The monoisotopic (exact) mass is 550 g/mol. The molecule has 39 heavy (non-hydrogen) atoms. The predicted molar refractivity (Wildman–Crippen MR) is 151 cm³/mol. The minimum Gasteiger partial charge on any atom is -0.481 e. The molecule has 3 aromatic rings. The zero-order valence-corrected chi connectivity index (χ0v) is 22.5. The Hall–Kier alpha value is -3.49. The maximum Gasteiger partial charge on any atom is 0.303 e. The van der Waals surface area contributed by atoms with Gasteiger partial charge in [0, 0.05) is 36.3 Å². The number of aryl methyl sites for hydroxylation is 1. The van der Waals surface area contributed by atoms with Gasteiger partial charge in [-0.1, -0.05) is 23.7 Å². The third-order valence-corrected chi connectivity index (χ3v) is 7.39. The highest BCUT2D eigenvalue weighted by molar-refractivity contribution is 6.29. The van der Waals surface area contributed by atoms with E-state index in [9.17, 15) is 9.18 Å². The summed E-state index contributed by atoms with van der Waals surface area (Å²) in [6.07, 6.45) is 9.55. The van der Waals surface area contributed by atoms with Gasteiger partial charge in [-0.2, -0.15) is 0 Å². The molecule has 1 aliphatic carbocycles. The first-order valence-corrected chi connectivity index (χ1v) is 13.8. The number of halogens is 2. The first-order valence-electron chi connectivity index (χ1n) is 13.5. The Labute approximate surface area is 232 Å². The molecule has 7 nitrogen and oxygen atoms in total. The van der Waals surface area contributed by atoms with Gasteiger partial charge in [-0.3, -0.25) is 4.79 Å². The number of anilines is 1. The molecule has 0 amide bonds. The number of carbonyl (C=O) groups is 1. The molecule has 0 radical (unpaired) electrons. The molecule has 2 aliphatic rings. The Bertz CT molecular complexity index is 1410. The van der Waals surface area contributed by atoms with Crippen LogP contribution in [0.2, 0.25) is 0 Å². The van der Waals surface area contributed by atoms with Gasteiger partial charge >= 0.3 is 5.97 Å². The van der Waals surface area contributed by atoms with Crippen molar-refractivity contribution in [3.05, 3.63) is 76.9 Å². The molecule has 0 bridgehead atoms. The fourth-order valence-corrected chi connectivity index (χ4v) is 5.20. The maximum absolute atomic E-state index is 13.5. The number of hydroxylamine groups is 2. The van der Waals surface area contributed by atoms with Crippen molar-refractivity contribution in [1.29, 1.82) is 0 Å². The minimum absolute atomic E-state index is 0.139. The summed E-state index contributed by atoms with van der Waals surface area (Å²) in [7, 11) is 0. The van der Waals surface area contributed by atoms with Crippen molar-refractivity contribution < 1.29 is 19.1 Å². The highest BCUT2D eigenvalue weighted by Crippen LogP contribution is 2.31. The number of carboxylic acid groups (broad SMARTS) is 1. The SMILES string of the molecule is O=C(O)CCCCc1nc2cc(ON3CCCC3CNc3cccc(F)c3)ccc2nc1C1=CC=C(Cl)CC1. The number of unbranched alkanes of at least 4 members (excludes halogenated alkanes) is 1. The number of aromatic nitrogens is 2. The predicted octanol–water partition coefficient (Wildman–Crippen LogP) is 6.74. The van der Waals surface area contributed by atoms with Crippen molar-refractivity contribution in [2.45, 2.75) is 57.4 Å². The number of rotatable bonds is 11. The highest BCUT2D eigenvalue weighted by Gasteiger charge is 2.26. The molecule has 204 valence electrons. The van der Waals surface area contributed by atoms with Crippen LogP contribution in [0.3, 0.4) is 0 Å². The van der Waals surface area contributed by atoms with Gasteiger partial charge in [-0.15, -0.1) is 5.06 Å². The van der Waals surface area contributed by atoms with E-state index in [2.05, 4.69) is 5.32 Å². The largest absolute Gasteiger partial charge is 0.481 e. The van der Waals surface area contributed by atoms with Gasteiger partial charge in [0.1, 0.15) is 11.6 Å². The Morgan fingerprint density at radius 3 is 2.82 bits per heavy atom. The van der Waals surface area contributed by atoms with Crippen molar-refractivity contribution in [2.75, 3.05) is 18.4 Å². The quantitative estimate of drug-likeness (QED) is 0.256. The molecule has 2 aromatic carbocycles. The molecule has 1 aromatic heterocycles. The Kier molecular flexibility index (Phi) is 8.74. The number of allylic oxidation sites excluding steroid dienone is 4. The number of nitrogens with zero attached hydrogens (tertiary/aromatic N) is 3. The maximum atomic E-state index is 13.5. The van der Waals surface area contributed by atoms with Gasteiger partial charge in [0.2, 0.25) is 0 Å². The fraction of sp³-hybridized carbons (Fsp3) is 0.367. The molecule has 1 saturated heterocycles. The molecule has 1 atom stereocenters. The van der Waals surface area contributed by atoms with Gasteiger partial charge in [0.25, 0.3) is 0 Å². The summed E-state index contributed by atoms with van der Waals surface area (Å²) < 4.78 is 13.5. The topological polar surface area (TPSA) is 87.6 Å². The molecule has 2 N–H and O–H groups in total. The van der Waals surface area contributed by atoms with E-state index in [1.54, 1.807) is 6.07 Å². The first kappa shape index (κ1) is 27.1. The van der Waals surface area contributed by atoms with Crippen molar-refractivity contribution in [3.63, 3.8) is 0 Å². The first-order chi connectivity index (χ1) is 18.9. The summed E-state index contributed by atoms with van der Waals surface area (Å²) >= 11 is 6.18. The highest BCUT2D eigenvalue weighted by atomic mass is 35.5. The van der Waals surface area contributed by atoms with Gasteiger partial charge in [-0.25, -0.2) is 14.4 Å². The van der Waals surface area contributed by atoms with Crippen LogP contribution in [0.4, 0.5) is 10.1 Å². The standard InChI is InChI=1S/C30H32ClFN4O3/c31-21-12-10-20(11-13-21)30-27(8-1-2-9-29(37)38)34-28-18-25(14-15-26(28)35-30)39-36-16-4-7-24(36)19-33-23-6-3-5-22(32)17-23/h3,5-6,10,12,14-15,17-18,24,33H,1-2,4,7-9,11,13,16,19H2,(H,37,38). The second-order valence-corrected chi connectivity index (χ2v) is 10.5. The van der Waals surface area contributed by atoms with Crippen LogP contribution in [-0.2, 0) is 11.2 Å². The van der Waals surface area contributed by atoms with Crippen LogP contribution in [0.15, 0.2) is 59.6 Å². The average molecular weight is 551 g/mol. The van der Waals surface area contributed by atoms with Gasteiger partial charge in [-0.05, 0) is 86.9 Å². The molecule has 0 spiro atoms. The van der Waals surface area contributed by atoms with E-state index in [1.807, 2.05) is 41.5 Å². The number of carboxylic acids is 1. The lowest BCUT2D eigenvalue weighted by Gasteiger charge is -2.25. The van der Waals surface area contributed by atoms with Crippen LogP contribution < -0.4 is 10.2 Å². The second kappa shape index (κ2) is 12.6. The average Bonchev–Trinajstić information content (AvgIpc) is 3.36. The van der Waals surface area contributed by atoms with Crippen LogP contribution in [0.1, 0.15) is 56.3 Å². The number of hydrogen-bond donors (Lipinski definition) is 2. The Balaban J connectivity index is 1.33. The summed E-state index contributed by atoms with van der Waals surface area (Å²) in [6.45, 7) is 1.45. The second-order valence-electron chi connectivity index (χ2n) is 9.99. The van der Waals surface area contributed by atoms with E-state index in [-0.39, 0.29) is 18.3 Å². The molecule has 1 aliphatic heterocycles. The molecule has 1 unspecified atom stereocenters. The van der Waals surface area contributed by atoms with E-state index in [0.29, 0.717) is 31.6 Å². The van der Waals surface area contributed by atoms with E-state index >= 15 is 0 Å². The summed E-state index contributed by atoms with van der Waals surface area (Å²) in [5.41, 5.74) is 5.08. The van der Waals surface area contributed by atoms with Gasteiger partial charge < -0.3 is 15.3 Å². The summed E-state index contributed by atoms with van der Waals surface area (Å²) in [4.78, 5) is 27.2. The number of aliphatic carboxylic acids is 1. The molecular formula is C30H32ClFN4O3. The van der Waals surface area contributed by atoms with Gasteiger partial charge in [0.15, 0.2) is 0 Å². The molecule has 0 saturated carbocycles. The van der Waals surface area contributed by atoms with Crippen molar-refractivity contribution in [2.24, 2.45) is 0 Å². The van der Waals surface area contributed by atoms with E-state index < -0.39 is 5.97 Å². The lowest BCUT2D eigenvalue weighted by atomic mass is 9.98. The molecular weight excluding hydrogens is 519 g/mol. The van der Waals surface area contributed by atoms with Crippen molar-refractivity contribution >= 4 is 39.9 Å². The number of nitrogens with one attached hydrogen (secondary N) is 1. The van der Waals surface area contributed by atoms with Crippen molar-refractivity contribution in [1.82, 2.24) is 15.0 Å². The number of fused-ring (bicyclic) bond motifs is 1. The third-order valence-electron chi connectivity index (χ3n) is 7.08. The van der Waals surface area contributed by atoms with Gasteiger partial charge in [0.05, 0.1) is 28.5 Å². The van der Waals surface area contributed by atoms with E-state index in [1.165, 1.54) is 12.1 Å². The molecule has 1 fully saturated rings. The van der Waals surface area contributed by atoms with E-state index in [4.69, 9.17) is 31.5 Å². The zero-order chi connectivity index (χ0) is 27.2. The lowest BCUT2D eigenvalue weighted by molar-refractivity contribution is -0.137. The van der Waals surface area contributed by atoms with Crippen LogP contribution in [0.25, 0.3) is 16.6 Å². The van der Waals surface area contributed by atoms with Crippen LogP contribution >= 0.6 is 11.6 Å². The molecule has 9 heteroatoms. The van der Waals surface area contributed by atoms with Crippen molar-refractivity contribution in [3.8, 4) is 5.75 Å². The summed E-state index contributed by atoms with van der Waals surface area (Å²) in [5.74, 6) is -0.366. The summed E-state index contributed by atoms with van der Waals surface area (Å²) in [6, 6.07) is 12.4. The van der Waals surface area contributed by atoms with E-state index in [0.717, 1.165) is 70.9 Å². The minimum atomic E-state index is -0.789. The Morgan fingerprint density at radius 2 is 2.03 bits per heavy atom. The Morgan fingerprint density at radius 1 is 1.13 bits per heavy atom. The summed E-state index contributed by atoms with van der Waals surface area (Å²) in [5, 5.41) is 15.1. The molecule has 5 rings (SSSR count). The zero-order valence-electron chi connectivity index (χ0n) is 21.7. The smallest absolute Gasteiger partial charge is 0.303 e. The van der Waals surface area contributed by atoms with Crippen LogP contribution in [0, 0.1) is 5.82 Å². The molecule has 2 heterocycles. The van der Waals surface area contributed by atoms with Crippen LogP contribution in [-0.4, -0.2) is 45.2 Å².